The van der Waals surface area contributed by atoms with Crippen LogP contribution in [0.2, 0.25) is 0 Å². The molecule has 2 aromatic rings. The molecule has 2 nitrogen and oxygen atoms in total. The Morgan fingerprint density at radius 2 is 1.60 bits per heavy atom. The number of carbonyl (C=O) groups excluding carboxylic acids is 1. The molecule has 1 heterocycles. The molecular formula is C17H21NOS. The Kier molecular flexibility index (Phi) is 4.61. The molecule has 2 rings (SSSR count). The van der Waals surface area contributed by atoms with E-state index in [1.807, 2.05) is 26.0 Å². The van der Waals surface area contributed by atoms with Gasteiger partial charge in [0, 0.05) is 4.88 Å². The zero-order valence-corrected chi connectivity index (χ0v) is 13.3. The summed E-state index contributed by atoms with van der Waals surface area (Å²) in [5, 5.41) is 3.05. The van der Waals surface area contributed by atoms with Crippen LogP contribution in [0.25, 0.3) is 0 Å². The van der Waals surface area contributed by atoms with Gasteiger partial charge in [-0.3, -0.25) is 4.79 Å². The van der Waals surface area contributed by atoms with Gasteiger partial charge in [0.2, 0.25) is 0 Å². The van der Waals surface area contributed by atoms with E-state index in [1.54, 1.807) is 0 Å². The number of nitrogens with one attached hydrogen (secondary N) is 1. The summed E-state index contributed by atoms with van der Waals surface area (Å²) in [6.45, 7) is 8.39. The molecule has 1 aromatic heterocycles. The van der Waals surface area contributed by atoms with Crippen LogP contribution in [0, 0.1) is 6.92 Å². The van der Waals surface area contributed by atoms with Gasteiger partial charge in [-0.1, -0.05) is 38.1 Å². The second-order valence-electron chi connectivity index (χ2n) is 5.43. The summed E-state index contributed by atoms with van der Waals surface area (Å²) in [5.41, 5.74) is 2.46. The molecule has 20 heavy (non-hydrogen) atoms. The van der Waals surface area contributed by atoms with Gasteiger partial charge in [-0.05, 0) is 43.0 Å². The number of amides is 1. The Hall–Kier alpha value is -1.61. The van der Waals surface area contributed by atoms with Crippen LogP contribution < -0.4 is 5.32 Å². The van der Waals surface area contributed by atoms with Gasteiger partial charge in [0.1, 0.15) is 0 Å². The van der Waals surface area contributed by atoms with Gasteiger partial charge in [0.25, 0.3) is 5.91 Å². The van der Waals surface area contributed by atoms with E-state index >= 15 is 0 Å². The number of hydrogen-bond acceptors (Lipinski definition) is 2. The monoisotopic (exact) mass is 287 g/mol. The fraction of sp³-hybridized carbons (Fsp3) is 0.353. The van der Waals surface area contributed by atoms with Crippen molar-refractivity contribution in [1.29, 1.82) is 0 Å². The molecule has 0 saturated heterocycles. The maximum absolute atomic E-state index is 12.1. The summed E-state index contributed by atoms with van der Waals surface area (Å²) in [6, 6.07) is 12.3. The van der Waals surface area contributed by atoms with Crippen LogP contribution >= 0.6 is 11.3 Å². The zero-order valence-electron chi connectivity index (χ0n) is 12.4. The SMILES string of the molecule is Cc1ccc(C(=O)NC(C)c2ccc(C(C)C)cc2)s1. The van der Waals surface area contributed by atoms with Crippen molar-refractivity contribution in [3.63, 3.8) is 0 Å². The summed E-state index contributed by atoms with van der Waals surface area (Å²) >= 11 is 1.53. The molecule has 0 bridgehead atoms. The van der Waals surface area contributed by atoms with Crippen molar-refractivity contribution in [2.75, 3.05) is 0 Å². The van der Waals surface area contributed by atoms with Gasteiger partial charge in [0.05, 0.1) is 10.9 Å². The number of hydrogen-bond donors (Lipinski definition) is 1. The molecule has 1 unspecified atom stereocenters. The lowest BCUT2D eigenvalue weighted by Crippen LogP contribution is -2.25. The van der Waals surface area contributed by atoms with Crippen molar-refractivity contribution in [2.24, 2.45) is 0 Å². The van der Waals surface area contributed by atoms with Gasteiger partial charge in [-0.2, -0.15) is 0 Å². The highest BCUT2D eigenvalue weighted by Crippen LogP contribution is 2.20. The van der Waals surface area contributed by atoms with Crippen LogP contribution in [0.3, 0.4) is 0 Å². The van der Waals surface area contributed by atoms with Crippen LogP contribution in [-0.4, -0.2) is 5.91 Å². The maximum Gasteiger partial charge on any atom is 0.261 e. The first-order valence-electron chi connectivity index (χ1n) is 6.94. The van der Waals surface area contributed by atoms with Crippen LogP contribution in [0.15, 0.2) is 36.4 Å². The third-order valence-corrected chi connectivity index (χ3v) is 4.41. The normalized spacial score (nSPS) is 12.4. The van der Waals surface area contributed by atoms with Crippen molar-refractivity contribution in [2.45, 2.75) is 39.7 Å². The maximum atomic E-state index is 12.1. The van der Waals surface area contributed by atoms with E-state index in [-0.39, 0.29) is 11.9 Å². The van der Waals surface area contributed by atoms with E-state index in [0.29, 0.717) is 5.92 Å². The van der Waals surface area contributed by atoms with E-state index in [4.69, 9.17) is 0 Å². The van der Waals surface area contributed by atoms with E-state index < -0.39 is 0 Å². The number of rotatable bonds is 4. The average molecular weight is 287 g/mol. The molecule has 0 aliphatic heterocycles. The highest BCUT2D eigenvalue weighted by Gasteiger charge is 2.13. The summed E-state index contributed by atoms with van der Waals surface area (Å²) in [7, 11) is 0. The Morgan fingerprint density at radius 3 is 2.10 bits per heavy atom. The number of carbonyl (C=O) groups is 1. The molecule has 1 N–H and O–H groups in total. The van der Waals surface area contributed by atoms with Crippen molar-refractivity contribution >= 4 is 17.2 Å². The fourth-order valence-electron chi connectivity index (χ4n) is 2.08. The standard InChI is InChI=1S/C17H21NOS/c1-11(2)14-6-8-15(9-7-14)13(4)18-17(19)16-10-5-12(3)20-16/h5-11,13H,1-4H3,(H,18,19). The molecule has 3 heteroatoms. The largest absolute Gasteiger partial charge is 0.345 e. The van der Waals surface area contributed by atoms with Crippen molar-refractivity contribution in [3.8, 4) is 0 Å². The Bertz CT molecular complexity index is 583. The lowest BCUT2D eigenvalue weighted by atomic mass is 9.99. The molecule has 1 atom stereocenters. The van der Waals surface area contributed by atoms with Crippen LogP contribution in [0.5, 0.6) is 0 Å². The summed E-state index contributed by atoms with van der Waals surface area (Å²) in [6.07, 6.45) is 0. The quantitative estimate of drug-likeness (QED) is 0.869. The Balaban J connectivity index is 2.04. The number of thiophene rings is 1. The Labute approximate surface area is 124 Å². The van der Waals surface area contributed by atoms with Gasteiger partial charge in [-0.15, -0.1) is 11.3 Å². The average Bonchev–Trinajstić information content (AvgIpc) is 2.85. The molecule has 0 aliphatic rings. The molecule has 1 amide bonds. The summed E-state index contributed by atoms with van der Waals surface area (Å²) in [5.74, 6) is 0.534. The second kappa shape index (κ2) is 6.23. The lowest BCUT2D eigenvalue weighted by Gasteiger charge is -2.15. The first-order chi connectivity index (χ1) is 9.47. The molecule has 0 saturated carbocycles. The fourth-order valence-corrected chi connectivity index (χ4v) is 2.85. The minimum atomic E-state index is 0.00327. The topological polar surface area (TPSA) is 29.1 Å². The minimum absolute atomic E-state index is 0.00327. The molecule has 0 fully saturated rings. The van der Waals surface area contributed by atoms with Crippen molar-refractivity contribution in [3.05, 3.63) is 57.3 Å². The Morgan fingerprint density at radius 1 is 1.00 bits per heavy atom. The molecule has 0 aliphatic carbocycles. The zero-order chi connectivity index (χ0) is 14.7. The predicted octanol–water partition coefficient (Wildman–Crippen LogP) is 4.67. The molecule has 0 spiro atoms. The minimum Gasteiger partial charge on any atom is -0.345 e. The van der Waals surface area contributed by atoms with Gasteiger partial charge < -0.3 is 5.32 Å². The lowest BCUT2D eigenvalue weighted by molar-refractivity contribution is 0.0944. The predicted molar refractivity (Wildman–Crippen MR) is 85.5 cm³/mol. The van der Waals surface area contributed by atoms with E-state index in [0.717, 1.165) is 15.3 Å². The third kappa shape index (κ3) is 3.48. The molecule has 1 aromatic carbocycles. The molecular weight excluding hydrogens is 266 g/mol. The van der Waals surface area contributed by atoms with Gasteiger partial charge in [0.15, 0.2) is 0 Å². The van der Waals surface area contributed by atoms with E-state index in [1.165, 1.54) is 16.9 Å². The highest BCUT2D eigenvalue weighted by atomic mass is 32.1. The summed E-state index contributed by atoms with van der Waals surface area (Å²) < 4.78 is 0. The third-order valence-electron chi connectivity index (χ3n) is 3.41. The smallest absolute Gasteiger partial charge is 0.261 e. The first-order valence-corrected chi connectivity index (χ1v) is 7.76. The van der Waals surface area contributed by atoms with E-state index in [2.05, 4.69) is 43.4 Å². The number of aryl methyl sites for hydroxylation is 1. The molecule has 106 valence electrons. The van der Waals surface area contributed by atoms with Gasteiger partial charge in [-0.25, -0.2) is 0 Å². The van der Waals surface area contributed by atoms with Crippen molar-refractivity contribution in [1.82, 2.24) is 5.32 Å². The second-order valence-corrected chi connectivity index (χ2v) is 6.71. The van der Waals surface area contributed by atoms with Crippen molar-refractivity contribution < 1.29 is 4.79 Å². The van der Waals surface area contributed by atoms with Gasteiger partial charge >= 0.3 is 0 Å². The van der Waals surface area contributed by atoms with Crippen LogP contribution in [0.1, 0.15) is 58.4 Å². The highest BCUT2D eigenvalue weighted by molar-refractivity contribution is 7.13. The summed E-state index contributed by atoms with van der Waals surface area (Å²) in [4.78, 5) is 14.0. The number of benzene rings is 1. The first kappa shape index (κ1) is 14.8. The van der Waals surface area contributed by atoms with Crippen LogP contribution in [0.4, 0.5) is 0 Å². The molecule has 0 radical (unpaired) electrons. The van der Waals surface area contributed by atoms with Crippen LogP contribution in [-0.2, 0) is 0 Å². The van der Waals surface area contributed by atoms with E-state index in [9.17, 15) is 4.79 Å².